The van der Waals surface area contributed by atoms with Crippen molar-refractivity contribution >= 4 is 11.7 Å². The molecule has 0 spiro atoms. The molecule has 1 aromatic carbocycles. The number of ether oxygens (including phenoxy) is 1. The summed E-state index contributed by atoms with van der Waals surface area (Å²) in [6.07, 6.45) is 1.82. The van der Waals surface area contributed by atoms with Crippen LogP contribution in [0.3, 0.4) is 0 Å². The Bertz CT molecular complexity index is 436. The normalized spacial score (nSPS) is 9.65. The average Bonchev–Trinajstić information content (AvgIpc) is 2.31. The van der Waals surface area contributed by atoms with Crippen molar-refractivity contribution in [3.8, 4) is 6.07 Å². The van der Waals surface area contributed by atoms with Crippen LogP contribution in [0.5, 0.6) is 0 Å². The summed E-state index contributed by atoms with van der Waals surface area (Å²) in [4.78, 5) is 11.1. The number of nitrogens with zero attached hydrogens (tertiary/aromatic N) is 1. The Hall–Kier alpha value is -2.02. The number of esters is 1. The van der Waals surface area contributed by atoms with E-state index in [4.69, 9.17) is 15.7 Å². The Kier molecular flexibility index (Phi) is 5.02. The lowest BCUT2D eigenvalue weighted by molar-refractivity contribution is -0.143. The number of hydrogen-bond acceptors (Lipinski definition) is 4. The minimum atomic E-state index is -0.181. The standard InChI is InChI=1S/C13H16N2O2/c1-2-17-13(16)5-3-4-11-7-6-10(9-14)8-12(11)15/h6-8H,2-5,15H2,1H3. The molecule has 0 aliphatic heterocycles. The van der Waals surface area contributed by atoms with Gasteiger partial charge < -0.3 is 10.5 Å². The minimum Gasteiger partial charge on any atom is -0.466 e. The largest absolute Gasteiger partial charge is 0.466 e. The first-order chi connectivity index (χ1) is 8.17. The summed E-state index contributed by atoms with van der Waals surface area (Å²) in [5, 5.41) is 8.69. The molecule has 0 amide bonds. The van der Waals surface area contributed by atoms with E-state index in [-0.39, 0.29) is 5.97 Å². The molecule has 0 aliphatic carbocycles. The van der Waals surface area contributed by atoms with Crippen LogP contribution >= 0.6 is 0 Å². The van der Waals surface area contributed by atoms with E-state index >= 15 is 0 Å². The predicted octanol–water partition coefficient (Wildman–Crippen LogP) is 2.03. The van der Waals surface area contributed by atoms with Gasteiger partial charge in [-0.05, 0) is 37.5 Å². The molecule has 0 aromatic heterocycles. The second-order valence-corrected chi connectivity index (χ2v) is 3.68. The van der Waals surface area contributed by atoms with Crippen molar-refractivity contribution in [3.05, 3.63) is 29.3 Å². The first-order valence-corrected chi connectivity index (χ1v) is 5.61. The molecule has 0 saturated carbocycles. The molecule has 4 heteroatoms. The van der Waals surface area contributed by atoms with E-state index in [9.17, 15) is 4.79 Å². The maximum absolute atomic E-state index is 11.1. The predicted molar refractivity (Wildman–Crippen MR) is 65.1 cm³/mol. The SMILES string of the molecule is CCOC(=O)CCCc1ccc(C#N)cc1N. The fourth-order valence-electron chi connectivity index (χ4n) is 1.55. The molecule has 0 saturated heterocycles. The average molecular weight is 232 g/mol. The Morgan fingerprint density at radius 3 is 2.88 bits per heavy atom. The molecule has 0 heterocycles. The van der Waals surface area contributed by atoms with Crippen LogP contribution in [0.25, 0.3) is 0 Å². The van der Waals surface area contributed by atoms with E-state index in [0.29, 0.717) is 30.7 Å². The molecule has 1 aromatic rings. The first-order valence-electron chi connectivity index (χ1n) is 5.61. The van der Waals surface area contributed by atoms with E-state index in [1.807, 2.05) is 12.1 Å². The highest BCUT2D eigenvalue weighted by Gasteiger charge is 2.04. The van der Waals surface area contributed by atoms with Gasteiger partial charge >= 0.3 is 5.97 Å². The quantitative estimate of drug-likeness (QED) is 0.622. The Balaban J connectivity index is 2.47. The summed E-state index contributed by atoms with van der Waals surface area (Å²) in [5.74, 6) is -0.181. The van der Waals surface area contributed by atoms with E-state index in [2.05, 4.69) is 0 Å². The van der Waals surface area contributed by atoms with Gasteiger partial charge in [-0.2, -0.15) is 5.26 Å². The molecule has 0 radical (unpaired) electrons. The van der Waals surface area contributed by atoms with Crippen molar-refractivity contribution in [1.29, 1.82) is 5.26 Å². The summed E-state index contributed by atoms with van der Waals surface area (Å²) in [5.41, 5.74) is 7.93. The number of nitrogen functional groups attached to an aromatic ring is 1. The van der Waals surface area contributed by atoms with Crippen LogP contribution in [0.4, 0.5) is 5.69 Å². The number of carbonyl (C=O) groups excluding carboxylic acids is 1. The van der Waals surface area contributed by atoms with Crippen molar-refractivity contribution < 1.29 is 9.53 Å². The molecular formula is C13H16N2O2. The van der Waals surface area contributed by atoms with Gasteiger partial charge in [-0.15, -0.1) is 0 Å². The molecule has 0 unspecified atom stereocenters. The Morgan fingerprint density at radius 2 is 2.29 bits per heavy atom. The van der Waals surface area contributed by atoms with Gasteiger partial charge in [-0.25, -0.2) is 0 Å². The monoisotopic (exact) mass is 232 g/mol. The highest BCUT2D eigenvalue weighted by atomic mass is 16.5. The molecule has 2 N–H and O–H groups in total. The molecule has 0 aliphatic rings. The zero-order chi connectivity index (χ0) is 12.7. The van der Waals surface area contributed by atoms with Gasteiger partial charge in [0.25, 0.3) is 0 Å². The number of benzene rings is 1. The lowest BCUT2D eigenvalue weighted by atomic mass is 10.0. The molecule has 0 atom stereocenters. The molecule has 1 rings (SSSR count). The second kappa shape index (κ2) is 6.54. The molecule has 90 valence electrons. The number of rotatable bonds is 5. The van der Waals surface area contributed by atoms with Crippen LogP contribution in [0.2, 0.25) is 0 Å². The van der Waals surface area contributed by atoms with Gasteiger partial charge in [0.2, 0.25) is 0 Å². The molecule has 0 fully saturated rings. The summed E-state index contributed by atoms with van der Waals surface area (Å²) in [6, 6.07) is 7.25. The van der Waals surface area contributed by atoms with Crippen molar-refractivity contribution in [2.45, 2.75) is 26.2 Å². The lowest BCUT2D eigenvalue weighted by Gasteiger charge is -2.05. The fourth-order valence-corrected chi connectivity index (χ4v) is 1.55. The zero-order valence-corrected chi connectivity index (χ0v) is 9.90. The van der Waals surface area contributed by atoms with Crippen LogP contribution in [0, 0.1) is 11.3 Å². The molecular weight excluding hydrogens is 216 g/mol. The van der Waals surface area contributed by atoms with Crippen LogP contribution < -0.4 is 5.73 Å². The number of nitriles is 1. The third kappa shape index (κ3) is 4.15. The number of nitrogens with two attached hydrogens (primary N) is 1. The summed E-state index contributed by atoms with van der Waals surface area (Å²) >= 11 is 0. The second-order valence-electron chi connectivity index (χ2n) is 3.68. The van der Waals surface area contributed by atoms with Crippen LogP contribution in [-0.4, -0.2) is 12.6 Å². The smallest absolute Gasteiger partial charge is 0.305 e. The highest BCUT2D eigenvalue weighted by Crippen LogP contribution is 2.16. The van der Waals surface area contributed by atoms with Gasteiger partial charge in [-0.1, -0.05) is 6.07 Å². The van der Waals surface area contributed by atoms with Gasteiger partial charge in [0.1, 0.15) is 0 Å². The summed E-state index contributed by atoms with van der Waals surface area (Å²) < 4.78 is 4.83. The molecule has 0 bridgehead atoms. The van der Waals surface area contributed by atoms with E-state index in [1.54, 1.807) is 19.1 Å². The summed E-state index contributed by atoms with van der Waals surface area (Å²) in [6.45, 7) is 2.20. The molecule has 17 heavy (non-hydrogen) atoms. The third-order valence-corrected chi connectivity index (χ3v) is 2.41. The highest BCUT2D eigenvalue weighted by molar-refractivity contribution is 5.69. The van der Waals surface area contributed by atoms with Crippen molar-refractivity contribution in [3.63, 3.8) is 0 Å². The topological polar surface area (TPSA) is 76.1 Å². The van der Waals surface area contributed by atoms with Crippen molar-refractivity contribution in [1.82, 2.24) is 0 Å². The van der Waals surface area contributed by atoms with Crippen LogP contribution in [-0.2, 0) is 16.0 Å². The van der Waals surface area contributed by atoms with E-state index in [0.717, 1.165) is 12.0 Å². The maximum Gasteiger partial charge on any atom is 0.305 e. The first kappa shape index (κ1) is 13.0. The lowest BCUT2D eigenvalue weighted by Crippen LogP contribution is -2.04. The van der Waals surface area contributed by atoms with Crippen LogP contribution in [0.15, 0.2) is 18.2 Å². The number of aryl methyl sites for hydroxylation is 1. The van der Waals surface area contributed by atoms with Crippen molar-refractivity contribution in [2.24, 2.45) is 0 Å². The minimum absolute atomic E-state index is 0.181. The number of anilines is 1. The van der Waals surface area contributed by atoms with Gasteiger partial charge in [0, 0.05) is 12.1 Å². The molecule has 4 nitrogen and oxygen atoms in total. The van der Waals surface area contributed by atoms with E-state index in [1.165, 1.54) is 0 Å². The zero-order valence-electron chi connectivity index (χ0n) is 9.90. The van der Waals surface area contributed by atoms with Gasteiger partial charge in [-0.3, -0.25) is 4.79 Å². The number of hydrogen-bond donors (Lipinski definition) is 1. The third-order valence-electron chi connectivity index (χ3n) is 2.41. The van der Waals surface area contributed by atoms with E-state index < -0.39 is 0 Å². The summed E-state index contributed by atoms with van der Waals surface area (Å²) in [7, 11) is 0. The van der Waals surface area contributed by atoms with Gasteiger partial charge in [0.15, 0.2) is 0 Å². The van der Waals surface area contributed by atoms with Gasteiger partial charge in [0.05, 0.1) is 18.2 Å². The van der Waals surface area contributed by atoms with Crippen LogP contribution in [0.1, 0.15) is 30.9 Å². The number of carbonyl (C=O) groups is 1. The Labute approximate surface area is 101 Å². The Morgan fingerprint density at radius 1 is 1.53 bits per heavy atom. The van der Waals surface area contributed by atoms with Crippen molar-refractivity contribution in [2.75, 3.05) is 12.3 Å². The fraction of sp³-hybridized carbons (Fsp3) is 0.385. The maximum atomic E-state index is 11.1.